The van der Waals surface area contributed by atoms with E-state index in [0.717, 1.165) is 21.6 Å². The number of hydrogen-bond donors (Lipinski definition) is 2. The van der Waals surface area contributed by atoms with E-state index in [1.807, 2.05) is 32.9 Å². The molecule has 2 aromatic rings. The van der Waals surface area contributed by atoms with E-state index in [1.165, 1.54) is 19.1 Å². The third-order valence-electron chi connectivity index (χ3n) is 3.78. The average molecular weight is 339 g/mol. The summed E-state index contributed by atoms with van der Waals surface area (Å²) in [6, 6.07) is 9.98. The predicted molar refractivity (Wildman–Crippen MR) is 98.3 cm³/mol. The molecule has 25 heavy (non-hydrogen) atoms. The van der Waals surface area contributed by atoms with E-state index in [4.69, 9.17) is 5.73 Å². The van der Waals surface area contributed by atoms with Crippen molar-refractivity contribution < 1.29 is 14.4 Å². The minimum atomic E-state index is -0.948. The summed E-state index contributed by atoms with van der Waals surface area (Å²) >= 11 is 0. The maximum Gasteiger partial charge on any atom is 0.323 e. The van der Waals surface area contributed by atoms with Gasteiger partial charge < -0.3 is 11.1 Å². The van der Waals surface area contributed by atoms with Crippen molar-refractivity contribution in [2.45, 2.75) is 27.7 Å². The lowest BCUT2D eigenvalue weighted by molar-refractivity contribution is -0.136. The van der Waals surface area contributed by atoms with Gasteiger partial charge in [-0.3, -0.25) is 14.4 Å². The smallest absolute Gasteiger partial charge is 0.323 e. The Balaban J connectivity index is 2.29. The Morgan fingerprint density at radius 2 is 1.48 bits per heavy atom. The first-order valence-electron chi connectivity index (χ1n) is 7.80. The number of anilines is 3. The molecule has 3 amide bonds. The number of carbonyl (C=O) groups is 3. The van der Waals surface area contributed by atoms with E-state index in [-0.39, 0.29) is 0 Å². The molecule has 0 fully saturated rings. The monoisotopic (exact) mass is 339 g/mol. The summed E-state index contributed by atoms with van der Waals surface area (Å²) in [6.07, 6.45) is 0. The number of rotatable bonds is 2. The largest absolute Gasteiger partial charge is 0.399 e. The van der Waals surface area contributed by atoms with Crippen molar-refractivity contribution in [3.63, 3.8) is 0 Å². The molecule has 0 saturated heterocycles. The van der Waals surface area contributed by atoms with Crippen LogP contribution in [0.25, 0.3) is 0 Å². The Morgan fingerprint density at radius 1 is 0.960 bits per heavy atom. The zero-order chi connectivity index (χ0) is 18.7. The van der Waals surface area contributed by atoms with Gasteiger partial charge in [0.1, 0.15) is 0 Å². The summed E-state index contributed by atoms with van der Waals surface area (Å²) in [4.78, 5) is 37.7. The summed E-state index contributed by atoms with van der Waals surface area (Å²) in [6.45, 7) is 6.88. The average Bonchev–Trinajstić information content (AvgIpc) is 2.52. The lowest BCUT2D eigenvalue weighted by atomic mass is 10.1. The van der Waals surface area contributed by atoms with Gasteiger partial charge in [-0.25, -0.2) is 4.90 Å². The highest BCUT2D eigenvalue weighted by Crippen LogP contribution is 2.23. The highest BCUT2D eigenvalue weighted by Gasteiger charge is 2.27. The molecule has 3 N–H and O–H groups in total. The van der Waals surface area contributed by atoms with Crippen molar-refractivity contribution in [2.24, 2.45) is 0 Å². The molecule has 0 atom stereocenters. The first kappa shape index (κ1) is 18.2. The van der Waals surface area contributed by atoms with E-state index >= 15 is 0 Å². The molecule has 2 aromatic carbocycles. The topological polar surface area (TPSA) is 92.5 Å². The fraction of sp³-hybridized carbons (Fsp3) is 0.211. The number of nitrogens with zero attached hydrogens (tertiary/aromatic N) is 1. The van der Waals surface area contributed by atoms with E-state index in [1.54, 1.807) is 12.1 Å². The highest BCUT2D eigenvalue weighted by molar-refractivity contribution is 6.48. The van der Waals surface area contributed by atoms with Gasteiger partial charge in [0.15, 0.2) is 0 Å². The van der Waals surface area contributed by atoms with Gasteiger partial charge in [0, 0.05) is 18.3 Å². The predicted octanol–water partition coefficient (Wildman–Crippen LogP) is 2.71. The molecule has 0 unspecified atom stereocenters. The van der Waals surface area contributed by atoms with E-state index in [9.17, 15) is 14.4 Å². The molecule has 0 aliphatic heterocycles. The Kier molecular flexibility index (Phi) is 5.22. The van der Waals surface area contributed by atoms with Crippen LogP contribution in [0, 0.1) is 20.8 Å². The number of benzene rings is 2. The first-order valence-corrected chi connectivity index (χ1v) is 7.80. The van der Waals surface area contributed by atoms with Crippen LogP contribution in [0.2, 0.25) is 0 Å². The molecular weight excluding hydrogens is 318 g/mol. The summed E-state index contributed by atoms with van der Waals surface area (Å²) in [7, 11) is 0. The van der Waals surface area contributed by atoms with Gasteiger partial charge in [-0.05, 0) is 56.2 Å². The molecule has 0 radical (unpaired) electrons. The molecule has 130 valence electrons. The molecular formula is C19H21N3O3. The molecule has 0 bridgehead atoms. The fourth-order valence-corrected chi connectivity index (χ4v) is 2.71. The zero-order valence-corrected chi connectivity index (χ0v) is 14.7. The molecule has 0 aromatic heterocycles. The Hall–Kier alpha value is -3.15. The van der Waals surface area contributed by atoms with Crippen molar-refractivity contribution in [3.05, 3.63) is 53.1 Å². The van der Waals surface area contributed by atoms with Crippen LogP contribution in [0.1, 0.15) is 23.6 Å². The minimum absolute atomic E-state index is 0.291. The van der Waals surface area contributed by atoms with Crippen molar-refractivity contribution in [3.8, 4) is 0 Å². The van der Waals surface area contributed by atoms with Gasteiger partial charge in [0.2, 0.25) is 5.91 Å². The Labute approximate surface area is 146 Å². The van der Waals surface area contributed by atoms with Gasteiger partial charge in [0.05, 0.1) is 5.69 Å². The van der Waals surface area contributed by atoms with E-state index in [2.05, 4.69) is 5.32 Å². The van der Waals surface area contributed by atoms with Crippen LogP contribution in [-0.4, -0.2) is 17.7 Å². The first-order chi connectivity index (χ1) is 11.7. The second-order valence-corrected chi connectivity index (χ2v) is 5.98. The molecule has 2 rings (SSSR count). The maximum absolute atomic E-state index is 12.5. The second-order valence-electron chi connectivity index (χ2n) is 5.98. The zero-order valence-electron chi connectivity index (χ0n) is 14.7. The van der Waals surface area contributed by atoms with E-state index in [0.29, 0.717) is 17.1 Å². The quantitative estimate of drug-likeness (QED) is 0.650. The second kappa shape index (κ2) is 7.17. The van der Waals surface area contributed by atoms with Crippen LogP contribution in [0.4, 0.5) is 17.1 Å². The number of nitrogens with two attached hydrogens (primary N) is 1. The molecule has 0 aliphatic rings. The Morgan fingerprint density at radius 3 is 1.96 bits per heavy atom. The minimum Gasteiger partial charge on any atom is -0.399 e. The normalized spacial score (nSPS) is 10.2. The highest BCUT2D eigenvalue weighted by atomic mass is 16.2. The van der Waals surface area contributed by atoms with Crippen LogP contribution in [0.5, 0.6) is 0 Å². The van der Waals surface area contributed by atoms with Crippen LogP contribution in [0.3, 0.4) is 0 Å². The van der Waals surface area contributed by atoms with Gasteiger partial charge in [0.25, 0.3) is 0 Å². The van der Waals surface area contributed by atoms with Crippen molar-refractivity contribution in [1.82, 2.24) is 0 Å². The standard InChI is InChI=1S/C19H21N3O3/c1-11-9-12(2)17(13(3)10-11)21-18(24)19(25)22(14(4)23)16-7-5-15(20)6-8-16/h5-10H,20H2,1-4H3,(H,21,24). The number of aryl methyl sites for hydroxylation is 3. The summed E-state index contributed by atoms with van der Waals surface area (Å²) in [5, 5.41) is 2.61. The van der Waals surface area contributed by atoms with Gasteiger partial charge in [-0.2, -0.15) is 0 Å². The maximum atomic E-state index is 12.5. The third kappa shape index (κ3) is 4.03. The van der Waals surface area contributed by atoms with E-state index < -0.39 is 17.7 Å². The van der Waals surface area contributed by atoms with Crippen LogP contribution in [0.15, 0.2) is 36.4 Å². The SMILES string of the molecule is CC(=O)N(C(=O)C(=O)Nc1c(C)cc(C)cc1C)c1ccc(N)cc1. The van der Waals surface area contributed by atoms with Gasteiger partial charge in [-0.15, -0.1) is 0 Å². The lowest BCUT2D eigenvalue weighted by Gasteiger charge is -2.20. The third-order valence-corrected chi connectivity index (χ3v) is 3.78. The van der Waals surface area contributed by atoms with Crippen molar-refractivity contribution in [1.29, 1.82) is 0 Å². The molecule has 0 heterocycles. The van der Waals surface area contributed by atoms with Crippen LogP contribution < -0.4 is 16.0 Å². The number of hydrogen-bond acceptors (Lipinski definition) is 4. The summed E-state index contributed by atoms with van der Waals surface area (Å²) in [5.74, 6) is -2.37. The van der Waals surface area contributed by atoms with Gasteiger partial charge in [-0.1, -0.05) is 17.7 Å². The number of amides is 3. The number of carbonyl (C=O) groups excluding carboxylic acids is 3. The fourth-order valence-electron chi connectivity index (χ4n) is 2.71. The molecule has 6 heteroatoms. The molecule has 0 aliphatic carbocycles. The number of imide groups is 1. The molecule has 6 nitrogen and oxygen atoms in total. The number of nitrogen functional groups attached to an aromatic ring is 1. The summed E-state index contributed by atoms with van der Waals surface area (Å²) in [5.41, 5.74) is 9.74. The van der Waals surface area contributed by atoms with Crippen molar-refractivity contribution in [2.75, 3.05) is 16.0 Å². The lowest BCUT2D eigenvalue weighted by Crippen LogP contribution is -2.42. The summed E-state index contributed by atoms with van der Waals surface area (Å²) < 4.78 is 0. The van der Waals surface area contributed by atoms with Crippen molar-refractivity contribution >= 4 is 34.8 Å². The molecule has 0 spiro atoms. The van der Waals surface area contributed by atoms with Gasteiger partial charge >= 0.3 is 11.8 Å². The van der Waals surface area contributed by atoms with Crippen LogP contribution in [-0.2, 0) is 14.4 Å². The molecule has 0 saturated carbocycles. The Bertz CT molecular complexity index is 818. The van der Waals surface area contributed by atoms with Crippen LogP contribution >= 0.6 is 0 Å². The number of nitrogens with one attached hydrogen (secondary N) is 1.